The van der Waals surface area contributed by atoms with Gasteiger partial charge in [-0.1, -0.05) is 24.3 Å². The van der Waals surface area contributed by atoms with Gasteiger partial charge in [-0.25, -0.2) is 8.78 Å². The van der Waals surface area contributed by atoms with Crippen molar-refractivity contribution in [1.82, 2.24) is 0 Å². The number of carboxylic acids is 1. The average molecular weight is 254 g/mol. The number of aliphatic carboxylic acids is 1. The molecule has 0 aliphatic heterocycles. The van der Waals surface area contributed by atoms with Crippen LogP contribution in [-0.4, -0.2) is 17.0 Å². The van der Waals surface area contributed by atoms with Crippen LogP contribution in [0.2, 0.25) is 0 Å². The summed E-state index contributed by atoms with van der Waals surface area (Å²) < 4.78 is 26.3. The Morgan fingerprint density at radius 2 is 2.00 bits per heavy atom. The predicted molar refractivity (Wildman–Crippen MR) is 63.9 cm³/mol. The first-order valence-electron chi connectivity index (χ1n) is 6.00. The molecule has 0 spiro atoms. The summed E-state index contributed by atoms with van der Waals surface area (Å²) in [6, 6.07) is 6.97. The van der Waals surface area contributed by atoms with Crippen molar-refractivity contribution in [2.75, 3.05) is 0 Å². The molecule has 4 heteroatoms. The molecule has 98 valence electrons. The van der Waals surface area contributed by atoms with Gasteiger partial charge in [-0.05, 0) is 30.9 Å². The van der Waals surface area contributed by atoms with Gasteiger partial charge in [-0.15, -0.1) is 0 Å². The zero-order valence-corrected chi connectivity index (χ0v) is 10.2. The van der Waals surface area contributed by atoms with Gasteiger partial charge in [0, 0.05) is 11.8 Å². The first kappa shape index (κ1) is 13.0. The van der Waals surface area contributed by atoms with E-state index in [2.05, 4.69) is 0 Å². The predicted octanol–water partition coefficient (Wildman–Crippen LogP) is 3.39. The van der Waals surface area contributed by atoms with Crippen LogP contribution in [0.5, 0.6) is 0 Å². The molecule has 0 unspecified atom stereocenters. The molecule has 1 saturated carbocycles. The second kappa shape index (κ2) is 4.34. The smallest absolute Gasteiger partial charge is 0.304 e. The highest BCUT2D eigenvalue weighted by molar-refractivity contribution is 5.70. The van der Waals surface area contributed by atoms with Crippen LogP contribution >= 0.6 is 0 Å². The molecule has 0 saturated heterocycles. The van der Waals surface area contributed by atoms with Crippen molar-refractivity contribution in [3.8, 4) is 0 Å². The van der Waals surface area contributed by atoms with Gasteiger partial charge < -0.3 is 5.11 Å². The normalized spacial score (nSPS) is 17.5. The molecule has 18 heavy (non-hydrogen) atoms. The Morgan fingerprint density at radius 3 is 2.50 bits per heavy atom. The van der Waals surface area contributed by atoms with E-state index < -0.39 is 17.3 Å². The Morgan fingerprint density at radius 1 is 1.39 bits per heavy atom. The molecule has 1 N–H and O–H groups in total. The quantitative estimate of drug-likeness (QED) is 0.874. The number of benzene rings is 1. The van der Waals surface area contributed by atoms with Crippen molar-refractivity contribution in [3.63, 3.8) is 0 Å². The summed E-state index contributed by atoms with van der Waals surface area (Å²) in [4.78, 5) is 10.9. The zero-order valence-electron chi connectivity index (χ0n) is 10.2. The standard InChI is InChI=1S/C14H16F2O2/c1-13(15,16)8-10-4-2-3-5-11(10)14(6-7-14)9-12(17)18/h2-5H,6-9H2,1H3,(H,17,18). The van der Waals surface area contributed by atoms with Gasteiger partial charge >= 0.3 is 5.97 Å². The Kier molecular flexibility index (Phi) is 3.13. The van der Waals surface area contributed by atoms with Crippen LogP contribution in [0.1, 0.15) is 37.3 Å². The molecule has 0 aromatic heterocycles. The van der Waals surface area contributed by atoms with Gasteiger partial charge in [-0.2, -0.15) is 0 Å². The fraction of sp³-hybridized carbons (Fsp3) is 0.500. The molecule has 0 atom stereocenters. The van der Waals surface area contributed by atoms with Gasteiger partial charge in [0.15, 0.2) is 0 Å². The molecule has 0 amide bonds. The summed E-state index contributed by atoms with van der Waals surface area (Å²) in [6.45, 7) is 0.889. The first-order valence-corrected chi connectivity index (χ1v) is 6.00. The highest BCUT2D eigenvalue weighted by Crippen LogP contribution is 2.52. The molecular weight excluding hydrogens is 238 g/mol. The van der Waals surface area contributed by atoms with Crippen molar-refractivity contribution < 1.29 is 18.7 Å². The summed E-state index contributed by atoms with van der Waals surface area (Å²) in [5, 5.41) is 8.93. The van der Waals surface area contributed by atoms with Crippen LogP contribution in [0.15, 0.2) is 24.3 Å². The van der Waals surface area contributed by atoms with E-state index in [1.54, 1.807) is 24.3 Å². The Bertz CT molecular complexity index is 459. The summed E-state index contributed by atoms with van der Waals surface area (Å²) in [5.74, 6) is -3.64. The topological polar surface area (TPSA) is 37.3 Å². The van der Waals surface area contributed by atoms with E-state index >= 15 is 0 Å². The fourth-order valence-corrected chi connectivity index (χ4v) is 2.51. The van der Waals surface area contributed by atoms with E-state index in [-0.39, 0.29) is 12.8 Å². The highest BCUT2D eigenvalue weighted by atomic mass is 19.3. The monoisotopic (exact) mass is 254 g/mol. The van der Waals surface area contributed by atoms with Crippen molar-refractivity contribution in [1.29, 1.82) is 0 Å². The minimum Gasteiger partial charge on any atom is -0.481 e. The molecule has 1 fully saturated rings. The van der Waals surface area contributed by atoms with Crippen LogP contribution in [0.25, 0.3) is 0 Å². The number of alkyl halides is 2. The fourth-order valence-electron chi connectivity index (χ4n) is 2.51. The van der Waals surface area contributed by atoms with Gasteiger partial charge in [0.1, 0.15) is 0 Å². The van der Waals surface area contributed by atoms with Gasteiger partial charge in [0.25, 0.3) is 0 Å². The van der Waals surface area contributed by atoms with E-state index in [9.17, 15) is 13.6 Å². The third kappa shape index (κ3) is 2.86. The van der Waals surface area contributed by atoms with Gasteiger partial charge in [0.2, 0.25) is 5.92 Å². The van der Waals surface area contributed by atoms with Crippen molar-refractivity contribution >= 4 is 5.97 Å². The average Bonchev–Trinajstić information content (AvgIpc) is 2.96. The summed E-state index contributed by atoms with van der Waals surface area (Å²) in [7, 11) is 0. The maximum absolute atomic E-state index is 13.1. The highest BCUT2D eigenvalue weighted by Gasteiger charge is 2.47. The minimum atomic E-state index is -2.77. The maximum atomic E-state index is 13.1. The van der Waals surface area contributed by atoms with Crippen LogP contribution in [0.3, 0.4) is 0 Å². The van der Waals surface area contributed by atoms with Crippen LogP contribution in [0, 0.1) is 0 Å². The molecule has 1 aliphatic carbocycles. The van der Waals surface area contributed by atoms with E-state index in [4.69, 9.17) is 5.11 Å². The summed E-state index contributed by atoms with van der Waals surface area (Å²) in [6.07, 6.45) is 1.24. The molecule has 1 aliphatic rings. The van der Waals surface area contributed by atoms with E-state index in [0.717, 1.165) is 25.3 Å². The summed E-state index contributed by atoms with van der Waals surface area (Å²) in [5.41, 5.74) is 0.950. The molecule has 2 rings (SSSR count). The van der Waals surface area contributed by atoms with E-state index in [0.29, 0.717) is 5.56 Å². The third-order valence-corrected chi connectivity index (χ3v) is 3.43. The van der Waals surface area contributed by atoms with Gasteiger partial charge in [0.05, 0.1) is 6.42 Å². The number of hydrogen-bond acceptors (Lipinski definition) is 1. The molecule has 2 nitrogen and oxygen atoms in total. The zero-order chi connectivity index (χ0) is 13.4. The lowest BCUT2D eigenvalue weighted by Crippen LogP contribution is -2.20. The Hall–Kier alpha value is -1.45. The van der Waals surface area contributed by atoms with Crippen LogP contribution < -0.4 is 0 Å². The number of carbonyl (C=O) groups is 1. The van der Waals surface area contributed by atoms with Crippen molar-refractivity contribution in [2.24, 2.45) is 0 Å². The molecule has 0 radical (unpaired) electrons. The maximum Gasteiger partial charge on any atom is 0.304 e. The van der Waals surface area contributed by atoms with Crippen molar-refractivity contribution in [2.45, 2.75) is 43.9 Å². The van der Waals surface area contributed by atoms with E-state index in [1.807, 2.05) is 0 Å². The number of rotatable bonds is 5. The molecule has 0 bridgehead atoms. The van der Waals surface area contributed by atoms with Crippen LogP contribution in [-0.2, 0) is 16.6 Å². The SMILES string of the molecule is CC(F)(F)Cc1ccccc1C1(CC(=O)O)CC1. The molecule has 0 heterocycles. The second-order valence-electron chi connectivity index (χ2n) is 5.25. The van der Waals surface area contributed by atoms with Crippen LogP contribution in [0.4, 0.5) is 8.78 Å². The Balaban J connectivity index is 2.31. The third-order valence-electron chi connectivity index (χ3n) is 3.43. The lowest BCUT2D eigenvalue weighted by Gasteiger charge is -2.20. The lowest BCUT2D eigenvalue weighted by atomic mass is 9.86. The first-order chi connectivity index (χ1) is 8.32. The minimum absolute atomic E-state index is 0.0271. The largest absolute Gasteiger partial charge is 0.481 e. The molecule has 1 aromatic carbocycles. The Labute approximate surface area is 105 Å². The van der Waals surface area contributed by atoms with E-state index in [1.165, 1.54) is 0 Å². The summed E-state index contributed by atoms with van der Waals surface area (Å²) >= 11 is 0. The lowest BCUT2D eigenvalue weighted by molar-refractivity contribution is -0.137. The molecular formula is C14H16F2O2. The van der Waals surface area contributed by atoms with Gasteiger partial charge in [-0.3, -0.25) is 4.79 Å². The number of halogens is 2. The molecule has 1 aromatic rings. The number of hydrogen-bond donors (Lipinski definition) is 1. The second-order valence-corrected chi connectivity index (χ2v) is 5.25. The number of carboxylic acid groups (broad SMARTS) is 1. The van der Waals surface area contributed by atoms with Crippen molar-refractivity contribution in [3.05, 3.63) is 35.4 Å².